The summed E-state index contributed by atoms with van der Waals surface area (Å²) in [6.45, 7) is 1.34. The van der Waals surface area contributed by atoms with Crippen LogP contribution in [0.25, 0.3) is 0 Å². The first-order chi connectivity index (χ1) is 9.83. The number of hydrogen-bond acceptors (Lipinski definition) is 3. The van der Waals surface area contributed by atoms with Gasteiger partial charge >= 0.3 is 0 Å². The number of benzene rings is 1. The fourth-order valence-corrected chi connectivity index (χ4v) is 3.12. The van der Waals surface area contributed by atoms with Gasteiger partial charge in [0.15, 0.2) is 17.3 Å². The minimum absolute atomic E-state index is 0.229. The second-order valence-electron chi connectivity index (χ2n) is 5.82. The molecule has 3 nitrogen and oxygen atoms in total. The first-order valence-electron chi connectivity index (χ1n) is 7.76. The van der Waals surface area contributed by atoms with Crippen LogP contribution >= 0.6 is 0 Å². The molecule has 0 unspecified atom stereocenters. The molecule has 1 aromatic carbocycles. The lowest BCUT2D eigenvalue weighted by Crippen LogP contribution is -2.03. The summed E-state index contributed by atoms with van der Waals surface area (Å²) >= 11 is 0. The first-order valence-corrected chi connectivity index (χ1v) is 7.76. The van der Waals surface area contributed by atoms with Crippen molar-refractivity contribution in [3.8, 4) is 11.5 Å². The van der Waals surface area contributed by atoms with Crippen LogP contribution in [0.15, 0.2) is 18.2 Å². The van der Waals surface area contributed by atoms with Gasteiger partial charge in [-0.25, -0.2) is 0 Å². The number of Topliss-reactive ketones (excluding diaryl/α,β-unsaturated/α-hetero) is 1. The summed E-state index contributed by atoms with van der Waals surface area (Å²) in [5.74, 6) is 2.47. The SMILES string of the molecule is O=C(CCC1CCCC1)c1ccc2c(c1)OCCCO2. The van der Waals surface area contributed by atoms with Crippen LogP contribution in [0.5, 0.6) is 11.5 Å². The molecule has 1 fully saturated rings. The quantitative estimate of drug-likeness (QED) is 0.778. The Morgan fingerprint density at radius 3 is 2.60 bits per heavy atom. The van der Waals surface area contributed by atoms with Crippen LogP contribution in [-0.4, -0.2) is 19.0 Å². The highest BCUT2D eigenvalue weighted by molar-refractivity contribution is 5.96. The standard InChI is InChI=1S/C17H22O3/c18-15(8-6-13-4-1-2-5-13)14-7-9-16-17(12-14)20-11-3-10-19-16/h7,9,12-13H,1-6,8,10-11H2. The van der Waals surface area contributed by atoms with Crippen molar-refractivity contribution in [2.45, 2.75) is 44.9 Å². The normalized spacial score (nSPS) is 18.8. The van der Waals surface area contributed by atoms with Crippen molar-refractivity contribution in [2.24, 2.45) is 5.92 Å². The molecular formula is C17H22O3. The van der Waals surface area contributed by atoms with Gasteiger partial charge in [-0.15, -0.1) is 0 Å². The molecule has 1 aliphatic carbocycles. The maximum absolute atomic E-state index is 12.3. The first kappa shape index (κ1) is 13.5. The van der Waals surface area contributed by atoms with Crippen LogP contribution in [0.1, 0.15) is 55.3 Å². The molecule has 0 N–H and O–H groups in total. The summed E-state index contributed by atoms with van der Waals surface area (Å²) in [7, 11) is 0. The van der Waals surface area contributed by atoms with Crippen molar-refractivity contribution >= 4 is 5.78 Å². The average molecular weight is 274 g/mol. The third-order valence-corrected chi connectivity index (χ3v) is 4.32. The van der Waals surface area contributed by atoms with Crippen LogP contribution in [-0.2, 0) is 0 Å². The zero-order valence-electron chi connectivity index (χ0n) is 11.9. The van der Waals surface area contributed by atoms with E-state index < -0.39 is 0 Å². The number of fused-ring (bicyclic) bond motifs is 1. The summed E-state index contributed by atoms with van der Waals surface area (Å²) in [5, 5.41) is 0. The number of carbonyl (C=O) groups excluding carboxylic acids is 1. The van der Waals surface area contributed by atoms with Gasteiger partial charge in [0.25, 0.3) is 0 Å². The van der Waals surface area contributed by atoms with E-state index in [-0.39, 0.29) is 5.78 Å². The van der Waals surface area contributed by atoms with Gasteiger partial charge in [0.1, 0.15) is 0 Å². The number of rotatable bonds is 4. The van der Waals surface area contributed by atoms with E-state index in [1.54, 1.807) is 0 Å². The molecule has 0 amide bonds. The summed E-state index contributed by atoms with van der Waals surface area (Å²) in [6, 6.07) is 5.57. The van der Waals surface area contributed by atoms with Gasteiger partial charge < -0.3 is 9.47 Å². The van der Waals surface area contributed by atoms with E-state index in [0.29, 0.717) is 25.4 Å². The summed E-state index contributed by atoms with van der Waals surface area (Å²) in [6.07, 6.45) is 7.85. The molecule has 1 heterocycles. The molecule has 2 aliphatic rings. The van der Waals surface area contributed by atoms with Crippen molar-refractivity contribution < 1.29 is 14.3 Å². The minimum Gasteiger partial charge on any atom is -0.490 e. The summed E-state index contributed by atoms with van der Waals surface area (Å²) in [4.78, 5) is 12.3. The molecule has 3 heteroatoms. The lowest BCUT2D eigenvalue weighted by molar-refractivity contribution is 0.0973. The van der Waals surface area contributed by atoms with Gasteiger partial charge in [-0.05, 0) is 30.5 Å². The predicted molar refractivity (Wildman–Crippen MR) is 77.6 cm³/mol. The van der Waals surface area contributed by atoms with Gasteiger partial charge in [0, 0.05) is 18.4 Å². The molecule has 0 aromatic heterocycles. The Morgan fingerprint density at radius 1 is 1.05 bits per heavy atom. The largest absolute Gasteiger partial charge is 0.490 e. The molecule has 0 radical (unpaired) electrons. The minimum atomic E-state index is 0.229. The van der Waals surface area contributed by atoms with E-state index >= 15 is 0 Å². The van der Waals surface area contributed by atoms with Crippen molar-refractivity contribution in [3.63, 3.8) is 0 Å². The molecular weight excluding hydrogens is 252 g/mol. The van der Waals surface area contributed by atoms with Gasteiger partial charge in [-0.3, -0.25) is 4.79 Å². The highest BCUT2D eigenvalue weighted by atomic mass is 16.5. The summed E-state index contributed by atoms with van der Waals surface area (Å²) < 4.78 is 11.2. The van der Waals surface area contributed by atoms with E-state index in [2.05, 4.69) is 0 Å². The Hall–Kier alpha value is -1.51. The van der Waals surface area contributed by atoms with Crippen LogP contribution in [0, 0.1) is 5.92 Å². The fraction of sp³-hybridized carbons (Fsp3) is 0.588. The number of hydrogen-bond donors (Lipinski definition) is 0. The van der Waals surface area contributed by atoms with E-state index in [4.69, 9.17) is 9.47 Å². The highest BCUT2D eigenvalue weighted by Gasteiger charge is 2.18. The lowest BCUT2D eigenvalue weighted by Gasteiger charge is -2.10. The Bertz CT molecular complexity index is 475. The Kier molecular flexibility index (Phi) is 4.24. The van der Waals surface area contributed by atoms with Crippen LogP contribution in [0.4, 0.5) is 0 Å². The van der Waals surface area contributed by atoms with Crippen molar-refractivity contribution in [3.05, 3.63) is 23.8 Å². The van der Waals surface area contributed by atoms with Crippen molar-refractivity contribution in [2.75, 3.05) is 13.2 Å². The molecule has 1 saturated carbocycles. The molecule has 0 saturated heterocycles. The topological polar surface area (TPSA) is 35.5 Å². The number of ether oxygens (including phenoxy) is 2. The third-order valence-electron chi connectivity index (χ3n) is 4.32. The number of ketones is 1. The van der Waals surface area contributed by atoms with E-state index in [9.17, 15) is 4.79 Å². The molecule has 1 aromatic rings. The Labute approximate surface area is 120 Å². The Balaban J connectivity index is 1.63. The molecule has 0 atom stereocenters. The van der Waals surface area contributed by atoms with E-state index in [0.717, 1.165) is 30.1 Å². The Morgan fingerprint density at radius 2 is 1.80 bits per heavy atom. The molecule has 20 heavy (non-hydrogen) atoms. The maximum atomic E-state index is 12.3. The third kappa shape index (κ3) is 3.14. The van der Waals surface area contributed by atoms with Crippen molar-refractivity contribution in [1.29, 1.82) is 0 Å². The van der Waals surface area contributed by atoms with Crippen LogP contribution < -0.4 is 9.47 Å². The molecule has 108 valence electrons. The van der Waals surface area contributed by atoms with E-state index in [1.165, 1.54) is 25.7 Å². The van der Waals surface area contributed by atoms with Crippen LogP contribution in [0.2, 0.25) is 0 Å². The van der Waals surface area contributed by atoms with Gasteiger partial charge in [-0.2, -0.15) is 0 Å². The van der Waals surface area contributed by atoms with Gasteiger partial charge in [0.2, 0.25) is 0 Å². The second kappa shape index (κ2) is 6.29. The zero-order chi connectivity index (χ0) is 13.8. The highest BCUT2D eigenvalue weighted by Crippen LogP contribution is 2.32. The average Bonchev–Trinajstić information content (AvgIpc) is 2.88. The second-order valence-corrected chi connectivity index (χ2v) is 5.82. The summed E-state index contributed by atoms with van der Waals surface area (Å²) in [5.41, 5.74) is 0.757. The molecule has 1 aliphatic heterocycles. The maximum Gasteiger partial charge on any atom is 0.163 e. The molecule has 0 spiro atoms. The van der Waals surface area contributed by atoms with Crippen molar-refractivity contribution in [1.82, 2.24) is 0 Å². The molecule has 3 rings (SSSR count). The number of carbonyl (C=O) groups is 1. The smallest absolute Gasteiger partial charge is 0.163 e. The predicted octanol–water partition coefficient (Wildman–Crippen LogP) is 4.00. The van der Waals surface area contributed by atoms with E-state index in [1.807, 2.05) is 18.2 Å². The monoisotopic (exact) mass is 274 g/mol. The lowest BCUT2D eigenvalue weighted by atomic mass is 9.97. The zero-order valence-corrected chi connectivity index (χ0v) is 11.9. The van der Waals surface area contributed by atoms with Crippen LogP contribution in [0.3, 0.4) is 0 Å². The van der Waals surface area contributed by atoms with Gasteiger partial charge in [0.05, 0.1) is 13.2 Å². The fourth-order valence-electron chi connectivity index (χ4n) is 3.12. The van der Waals surface area contributed by atoms with Gasteiger partial charge in [-0.1, -0.05) is 25.7 Å². The molecule has 0 bridgehead atoms.